The van der Waals surface area contributed by atoms with Gasteiger partial charge in [-0.1, -0.05) is 45.1 Å². The van der Waals surface area contributed by atoms with Gasteiger partial charge in [0.2, 0.25) is 10.0 Å². The molecule has 1 heterocycles. The first-order chi connectivity index (χ1) is 16.4. The molecule has 186 valence electrons. The van der Waals surface area contributed by atoms with Crippen LogP contribution in [-0.2, 0) is 26.8 Å². The third-order valence-corrected chi connectivity index (χ3v) is 5.99. The smallest absolute Gasteiger partial charge is 0.256 e. The zero-order chi connectivity index (χ0) is 25.8. The van der Waals surface area contributed by atoms with Crippen molar-refractivity contribution in [1.82, 2.24) is 4.98 Å². The van der Waals surface area contributed by atoms with Gasteiger partial charge in [-0.2, -0.15) is 0 Å². The Morgan fingerprint density at radius 2 is 1.69 bits per heavy atom. The number of ether oxygens (including phenoxy) is 2. The molecule has 35 heavy (non-hydrogen) atoms. The molecule has 0 aliphatic carbocycles. The number of aromatic amines is 1. The third-order valence-electron chi connectivity index (χ3n) is 5.38. The second kappa shape index (κ2) is 10.5. The van der Waals surface area contributed by atoms with Crippen molar-refractivity contribution >= 4 is 27.9 Å². The van der Waals surface area contributed by atoms with Crippen LogP contribution in [0.25, 0.3) is 23.3 Å². The van der Waals surface area contributed by atoms with E-state index >= 15 is 0 Å². The summed E-state index contributed by atoms with van der Waals surface area (Å²) in [5.41, 5.74) is 4.82. The van der Waals surface area contributed by atoms with Crippen LogP contribution < -0.4 is 15.0 Å². The molecule has 0 unspecified atom stereocenters. The molecule has 0 aliphatic rings. The Kier molecular flexibility index (Phi) is 7.87. The molecule has 0 atom stereocenters. The van der Waals surface area contributed by atoms with Gasteiger partial charge >= 0.3 is 0 Å². The van der Waals surface area contributed by atoms with Crippen LogP contribution in [-0.4, -0.2) is 33.9 Å². The van der Waals surface area contributed by atoms with E-state index in [-0.39, 0.29) is 11.0 Å². The number of pyridine rings is 1. The zero-order valence-corrected chi connectivity index (χ0v) is 21.7. The lowest BCUT2D eigenvalue weighted by molar-refractivity contribution is 0.181. The summed E-state index contributed by atoms with van der Waals surface area (Å²) in [7, 11) is -0.112. The minimum atomic E-state index is -3.33. The Labute approximate surface area is 206 Å². The number of rotatable bonds is 8. The van der Waals surface area contributed by atoms with Gasteiger partial charge in [-0.25, -0.2) is 8.42 Å². The van der Waals surface area contributed by atoms with Gasteiger partial charge in [0.25, 0.3) is 5.56 Å². The SMILES string of the molecule is COCc1ccc(-c2cc(/C=C/c3ccc(NS(C)(=O)=O)cc3)c(OC)c(C(C)(C)C)c2)c(=O)[nH]1. The summed E-state index contributed by atoms with van der Waals surface area (Å²) in [6.07, 6.45) is 4.97. The number of methoxy groups -OCH3 is 2. The zero-order valence-electron chi connectivity index (χ0n) is 20.9. The molecule has 7 nitrogen and oxygen atoms in total. The molecule has 0 saturated carbocycles. The van der Waals surface area contributed by atoms with E-state index in [1.807, 2.05) is 48.6 Å². The first-order valence-electron chi connectivity index (χ1n) is 11.1. The van der Waals surface area contributed by atoms with Crippen molar-refractivity contribution in [3.63, 3.8) is 0 Å². The number of hydrogen-bond donors (Lipinski definition) is 2. The molecule has 2 aromatic carbocycles. The van der Waals surface area contributed by atoms with Gasteiger partial charge in [0.05, 0.1) is 20.0 Å². The molecule has 1 aromatic heterocycles. The summed E-state index contributed by atoms with van der Waals surface area (Å²) < 4.78 is 36.2. The van der Waals surface area contributed by atoms with Gasteiger partial charge in [0.1, 0.15) is 5.75 Å². The number of hydrogen-bond acceptors (Lipinski definition) is 5. The maximum absolute atomic E-state index is 12.8. The summed E-state index contributed by atoms with van der Waals surface area (Å²) in [6, 6.07) is 14.7. The lowest BCUT2D eigenvalue weighted by Crippen LogP contribution is -2.15. The number of sulfonamides is 1. The Bertz CT molecular complexity index is 1380. The predicted octanol–water partition coefficient (Wildman–Crippen LogP) is 5.04. The van der Waals surface area contributed by atoms with Crippen LogP contribution in [0.2, 0.25) is 0 Å². The molecule has 3 aromatic rings. The van der Waals surface area contributed by atoms with E-state index < -0.39 is 10.0 Å². The monoisotopic (exact) mass is 496 g/mol. The Morgan fingerprint density at radius 1 is 1.00 bits per heavy atom. The van der Waals surface area contributed by atoms with E-state index in [2.05, 4.69) is 30.5 Å². The highest BCUT2D eigenvalue weighted by Crippen LogP contribution is 2.38. The Balaban J connectivity index is 2.07. The van der Waals surface area contributed by atoms with Crippen molar-refractivity contribution in [2.75, 3.05) is 25.2 Å². The lowest BCUT2D eigenvalue weighted by atomic mass is 9.83. The highest BCUT2D eigenvalue weighted by atomic mass is 32.2. The molecular weight excluding hydrogens is 464 g/mol. The average Bonchev–Trinajstić information content (AvgIpc) is 2.76. The minimum Gasteiger partial charge on any atom is -0.496 e. The summed E-state index contributed by atoms with van der Waals surface area (Å²) in [6.45, 7) is 6.63. The molecule has 0 spiro atoms. The van der Waals surface area contributed by atoms with E-state index in [4.69, 9.17) is 9.47 Å². The maximum Gasteiger partial charge on any atom is 0.256 e. The molecular formula is C27H32N2O5S. The van der Waals surface area contributed by atoms with Crippen molar-refractivity contribution in [2.45, 2.75) is 32.8 Å². The topological polar surface area (TPSA) is 97.5 Å². The number of aromatic nitrogens is 1. The lowest BCUT2D eigenvalue weighted by Gasteiger charge is -2.24. The van der Waals surface area contributed by atoms with Crippen LogP contribution in [0.5, 0.6) is 5.75 Å². The van der Waals surface area contributed by atoms with Crippen LogP contribution in [0.1, 0.15) is 43.2 Å². The van der Waals surface area contributed by atoms with Crippen LogP contribution in [0.3, 0.4) is 0 Å². The largest absolute Gasteiger partial charge is 0.496 e. The molecule has 0 amide bonds. The second-order valence-electron chi connectivity index (χ2n) is 9.39. The van der Waals surface area contributed by atoms with Crippen molar-refractivity contribution in [3.8, 4) is 16.9 Å². The standard InChI is InChI=1S/C27H32N2O5S/c1-27(2,3)24-16-20(23-14-13-22(17-33-4)28-26(23)30)15-19(25(24)34-5)10-7-18-8-11-21(12-9-18)29-35(6,31)32/h7-16,29H,17H2,1-6H3,(H,28,30)/b10-7+. The molecule has 0 bridgehead atoms. The number of H-pyrrole nitrogens is 1. The quantitative estimate of drug-likeness (QED) is 0.426. The molecule has 0 fully saturated rings. The van der Waals surface area contributed by atoms with Crippen LogP contribution in [0.4, 0.5) is 5.69 Å². The number of benzene rings is 2. The fourth-order valence-corrected chi connectivity index (χ4v) is 4.32. The summed E-state index contributed by atoms with van der Waals surface area (Å²) in [5, 5.41) is 0. The second-order valence-corrected chi connectivity index (χ2v) is 11.1. The Hall–Kier alpha value is -3.36. The normalized spacial score (nSPS) is 12.2. The summed E-state index contributed by atoms with van der Waals surface area (Å²) in [5.74, 6) is 0.736. The summed E-state index contributed by atoms with van der Waals surface area (Å²) >= 11 is 0. The van der Waals surface area contributed by atoms with E-state index in [9.17, 15) is 13.2 Å². The van der Waals surface area contributed by atoms with Gasteiger partial charge in [-0.15, -0.1) is 0 Å². The van der Waals surface area contributed by atoms with E-state index in [1.54, 1.807) is 26.4 Å². The first-order valence-corrected chi connectivity index (χ1v) is 13.0. The molecule has 0 radical (unpaired) electrons. The third kappa shape index (κ3) is 6.83. The molecule has 0 saturated heterocycles. The average molecular weight is 497 g/mol. The fourth-order valence-electron chi connectivity index (χ4n) is 3.76. The predicted molar refractivity (Wildman–Crippen MR) is 142 cm³/mol. The molecule has 3 rings (SSSR count). The van der Waals surface area contributed by atoms with E-state index in [1.165, 1.54) is 0 Å². The number of nitrogens with one attached hydrogen (secondary N) is 2. The van der Waals surface area contributed by atoms with Crippen LogP contribution in [0, 0.1) is 0 Å². The van der Waals surface area contributed by atoms with Gasteiger partial charge in [0.15, 0.2) is 0 Å². The maximum atomic E-state index is 12.8. The van der Waals surface area contributed by atoms with Crippen molar-refractivity contribution in [3.05, 3.63) is 81.3 Å². The Morgan fingerprint density at radius 3 is 2.23 bits per heavy atom. The molecule has 2 N–H and O–H groups in total. The van der Waals surface area contributed by atoms with Crippen molar-refractivity contribution in [1.29, 1.82) is 0 Å². The van der Waals surface area contributed by atoms with Gasteiger partial charge in [-0.3, -0.25) is 9.52 Å². The highest BCUT2D eigenvalue weighted by molar-refractivity contribution is 7.92. The molecule has 8 heteroatoms. The van der Waals surface area contributed by atoms with E-state index in [0.717, 1.165) is 34.3 Å². The van der Waals surface area contributed by atoms with Gasteiger partial charge in [0, 0.05) is 35.2 Å². The van der Waals surface area contributed by atoms with E-state index in [0.29, 0.717) is 23.6 Å². The van der Waals surface area contributed by atoms with Crippen LogP contribution >= 0.6 is 0 Å². The first kappa shape index (κ1) is 26.2. The number of anilines is 1. The van der Waals surface area contributed by atoms with Crippen LogP contribution in [0.15, 0.2) is 53.3 Å². The summed E-state index contributed by atoms with van der Waals surface area (Å²) in [4.78, 5) is 15.7. The minimum absolute atomic E-state index is 0.187. The fraction of sp³-hybridized carbons (Fsp3) is 0.296. The van der Waals surface area contributed by atoms with Gasteiger partial charge in [-0.05, 0) is 52.9 Å². The van der Waals surface area contributed by atoms with Crippen molar-refractivity contribution < 1.29 is 17.9 Å². The van der Waals surface area contributed by atoms with Gasteiger partial charge < -0.3 is 14.5 Å². The van der Waals surface area contributed by atoms with Crippen molar-refractivity contribution in [2.24, 2.45) is 0 Å². The highest BCUT2D eigenvalue weighted by Gasteiger charge is 2.23. The molecule has 0 aliphatic heterocycles.